The molecule has 0 fully saturated rings. The maximum atomic E-state index is 15.2. The summed E-state index contributed by atoms with van der Waals surface area (Å²) in [4.78, 5) is 8.33. The first-order valence-corrected chi connectivity index (χ1v) is 10.1. The van der Waals surface area contributed by atoms with Crippen LogP contribution in [0, 0.1) is 11.6 Å². The van der Waals surface area contributed by atoms with Crippen LogP contribution in [0.3, 0.4) is 0 Å². The molecule has 0 N–H and O–H groups in total. The fraction of sp³-hybridized carbons (Fsp3) is 0.154. The number of hydrogen-bond acceptors (Lipinski definition) is 2. The molecule has 168 valence electrons. The van der Waals surface area contributed by atoms with Crippen LogP contribution in [0.15, 0.2) is 79.1 Å². The minimum absolute atomic E-state index is 0.0216. The summed E-state index contributed by atoms with van der Waals surface area (Å²) in [5, 5.41) is 0. The van der Waals surface area contributed by atoms with E-state index >= 15 is 4.39 Å². The smallest absolute Gasteiger partial charge is 0.260 e. The quantitative estimate of drug-likeness (QED) is 0.300. The zero-order chi connectivity index (χ0) is 23.8. The molecule has 33 heavy (non-hydrogen) atoms. The number of benzene rings is 2. The van der Waals surface area contributed by atoms with Gasteiger partial charge in [-0.3, -0.25) is 9.97 Å². The standard InChI is InChI=1S/C26H19F5N2/c1-25(2,21-11-4-6-13-33-21)17-9-7-8-16(14-17)18-15-19(20-10-3-5-12-32-20)24(28)22(23(18)27)26(29,30)31/h3-15H,1-2H3. The first kappa shape index (κ1) is 22.6. The maximum Gasteiger partial charge on any atom is 0.422 e. The van der Waals surface area contributed by atoms with Crippen LogP contribution in [0.4, 0.5) is 22.0 Å². The summed E-state index contributed by atoms with van der Waals surface area (Å²) in [6.45, 7) is 3.83. The van der Waals surface area contributed by atoms with Crippen LogP contribution in [-0.2, 0) is 11.6 Å². The van der Waals surface area contributed by atoms with Crippen molar-refractivity contribution in [2.45, 2.75) is 25.4 Å². The van der Waals surface area contributed by atoms with Gasteiger partial charge in [0.25, 0.3) is 0 Å². The number of pyridine rings is 2. The van der Waals surface area contributed by atoms with Gasteiger partial charge < -0.3 is 0 Å². The lowest BCUT2D eigenvalue weighted by Gasteiger charge is -2.25. The molecule has 4 rings (SSSR count). The molecule has 0 aliphatic carbocycles. The zero-order valence-corrected chi connectivity index (χ0v) is 17.8. The molecular formula is C26H19F5N2. The van der Waals surface area contributed by atoms with Crippen LogP contribution >= 0.6 is 0 Å². The molecule has 2 aromatic carbocycles. The summed E-state index contributed by atoms with van der Waals surface area (Å²) in [6, 6.07) is 17.5. The summed E-state index contributed by atoms with van der Waals surface area (Å²) in [5.74, 6) is -3.35. The summed E-state index contributed by atoms with van der Waals surface area (Å²) in [5.41, 5.74) is -1.69. The Hall–Kier alpha value is -3.61. The largest absolute Gasteiger partial charge is 0.422 e. The summed E-state index contributed by atoms with van der Waals surface area (Å²) >= 11 is 0. The van der Waals surface area contributed by atoms with Gasteiger partial charge in [-0.1, -0.05) is 50.2 Å². The number of hydrogen-bond donors (Lipinski definition) is 0. The maximum absolute atomic E-state index is 15.2. The Balaban J connectivity index is 1.94. The van der Waals surface area contributed by atoms with Crippen molar-refractivity contribution in [1.29, 1.82) is 0 Å². The van der Waals surface area contributed by atoms with Gasteiger partial charge in [0.2, 0.25) is 0 Å². The van der Waals surface area contributed by atoms with Crippen molar-refractivity contribution in [3.63, 3.8) is 0 Å². The van der Waals surface area contributed by atoms with Crippen LogP contribution in [-0.4, -0.2) is 9.97 Å². The second-order valence-electron chi connectivity index (χ2n) is 8.11. The first-order chi connectivity index (χ1) is 15.6. The molecule has 2 aromatic heterocycles. The molecule has 0 unspecified atom stereocenters. The fourth-order valence-corrected chi connectivity index (χ4v) is 3.76. The van der Waals surface area contributed by atoms with Crippen molar-refractivity contribution in [2.24, 2.45) is 0 Å². The Morgan fingerprint density at radius 3 is 1.97 bits per heavy atom. The highest BCUT2D eigenvalue weighted by molar-refractivity contribution is 5.75. The normalized spacial score (nSPS) is 12.1. The highest BCUT2D eigenvalue weighted by atomic mass is 19.4. The van der Waals surface area contributed by atoms with E-state index < -0.39 is 34.4 Å². The Morgan fingerprint density at radius 2 is 1.36 bits per heavy atom. The third-order valence-corrected chi connectivity index (χ3v) is 5.63. The minimum atomic E-state index is -5.22. The number of aromatic nitrogens is 2. The monoisotopic (exact) mass is 454 g/mol. The van der Waals surface area contributed by atoms with E-state index in [9.17, 15) is 17.6 Å². The van der Waals surface area contributed by atoms with Gasteiger partial charge in [-0.15, -0.1) is 0 Å². The Kier molecular flexibility index (Phi) is 5.74. The second-order valence-corrected chi connectivity index (χ2v) is 8.11. The van der Waals surface area contributed by atoms with E-state index in [1.807, 2.05) is 26.0 Å². The molecule has 0 spiro atoms. The fourth-order valence-electron chi connectivity index (χ4n) is 3.76. The minimum Gasteiger partial charge on any atom is -0.260 e. The molecule has 2 nitrogen and oxygen atoms in total. The Bertz CT molecular complexity index is 1280. The molecule has 0 bridgehead atoms. The SMILES string of the molecule is CC(C)(c1cccc(-c2cc(-c3ccccn3)c(F)c(C(F)(F)F)c2F)c1)c1ccccn1. The van der Waals surface area contributed by atoms with Crippen LogP contribution in [0.1, 0.15) is 30.7 Å². The zero-order valence-electron chi connectivity index (χ0n) is 17.8. The molecule has 0 amide bonds. The number of nitrogens with zero attached hydrogens (tertiary/aromatic N) is 2. The van der Waals surface area contributed by atoms with E-state index in [0.29, 0.717) is 0 Å². The molecule has 4 aromatic rings. The molecule has 2 heterocycles. The average Bonchev–Trinajstić information content (AvgIpc) is 2.79. The van der Waals surface area contributed by atoms with E-state index in [4.69, 9.17) is 0 Å². The summed E-state index contributed by atoms with van der Waals surface area (Å²) in [6.07, 6.45) is -2.24. The molecular weight excluding hydrogens is 435 g/mol. The summed E-state index contributed by atoms with van der Waals surface area (Å²) in [7, 11) is 0. The van der Waals surface area contributed by atoms with Gasteiger partial charge in [-0.25, -0.2) is 8.78 Å². The topological polar surface area (TPSA) is 25.8 Å². The highest BCUT2D eigenvalue weighted by Gasteiger charge is 2.40. The van der Waals surface area contributed by atoms with E-state index in [1.54, 1.807) is 36.5 Å². The van der Waals surface area contributed by atoms with Crippen LogP contribution < -0.4 is 0 Å². The van der Waals surface area contributed by atoms with Crippen molar-refractivity contribution >= 4 is 0 Å². The van der Waals surface area contributed by atoms with Gasteiger partial charge in [-0.2, -0.15) is 13.2 Å². The van der Waals surface area contributed by atoms with Crippen molar-refractivity contribution in [3.8, 4) is 22.4 Å². The summed E-state index contributed by atoms with van der Waals surface area (Å²) < 4.78 is 71.1. The number of alkyl halides is 3. The van der Waals surface area contributed by atoms with Gasteiger partial charge in [0, 0.05) is 28.9 Å². The van der Waals surface area contributed by atoms with Gasteiger partial charge in [0.1, 0.15) is 17.2 Å². The lowest BCUT2D eigenvalue weighted by Crippen LogP contribution is -2.20. The molecule has 0 aliphatic rings. The molecule has 0 atom stereocenters. The molecule has 0 radical (unpaired) electrons. The first-order valence-electron chi connectivity index (χ1n) is 10.1. The molecule has 0 aliphatic heterocycles. The van der Waals surface area contributed by atoms with E-state index in [0.717, 1.165) is 17.3 Å². The average molecular weight is 454 g/mol. The number of halogens is 5. The lowest BCUT2D eigenvalue weighted by molar-refractivity contribution is -0.142. The van der Waals surface area contributed by atoms with E-state index in [2.05, 4.69) is 9.97 Å². The van der Waals surface area contributed by atoms with Crippen molar-refractivity contribution in [1.82, 2.24) is 9.97 Å². The predicted octanol–water partition coefficient (Wildman–Crippen LogP) is 7.43. The van der Waals surface area contributed by atoms with Crippen LogP contribution in [0.25, 0.3) is 22.4 Å². The van der Waals surface area contributed by atoms with Gasteiger partial charge in [0.05, 0.1) is 11.4 Å². The second kappa shape index (κ2) is 8.39. The predicted molar refractivity (Wildman–Crippen MR) is 116 cm³/mol. The number of rotatable bonds is 4. The van der Waals surface area contributed by atoms with E-state index in [-0.39, 0.29) is 16.8 Å². The van der Waals surface area contributed by atoms with Crippen LogP contribution in [0.2, 0.25) is 0 Å². The third kappa shape index (κ3) is 4.23. The van der Waals surface area contributed by atoms with Crippen LogP contribution in [0.5, 0.6) is 0 Å². The van der Waals surface area contributed by atoms with Gasteiger partial charge in [-0.05, 0) is 41.5 Å². The van der Waals surface area contributed by atoms with Crippen molar-refractivity contribution in [2.75, 3.05) is 0 Å². The Labute approximate surface area is 187 Å². The molecule has 0 saturated heterocycles. The van der Waals surface area contributed by atoms with Crippen molar-refractivity contribution < 1.29 is 22.0 Å². The molecule has 0 saturated carbocycles. The molecule has 7 heteroatoms. The van der Waals surface area contributed by atoms with Gasteiger partial charge >= 0.3 is 6.18 Å². The van der Waals surface area contributed by atoms with Crippen molar-refractivity contribution in [3.05, 3.63) is 108 Å². The third-order valence-electron chi connectivity index (χ3n) is 5.63. The highest BCUT2D eigenvalue weighted by Crippen LogP contribution is 2.42. The Morgan fingerprint density at radius 1 is 0.697 bits per heavy atom. The van der Waals surface area contributed by atoms with Gasteiger partial charge in [0.15, 0.2) is 0 Å². The lowest BCUT2D eigenvalue weighted by atomic mass is 9.80. The van der Waals surface area contributed by atoms with E-state index in [1.165, 1.54) is 24.4 Å².